The number of carbonyl (C=O) groups excluding carboxylic acids is 1. The summed E-state index contributed by atoms with van der Waals surface area (Å²) < 4.78 is 5.13. The summed E-state index contributed by atoms with van der Waals surface area (Å²) in [6.07, 6.45) is 1.81. The largest absolute Gasteiger partial charge is 0.497 e. The fraction of sp³-hybridized carbons (Fsp3) is 0.300. The predicted molar refractivity (Wildman–Crippen MR) is 96.2 cm³/mol. The zero-order chi connectivity index (χ0) is 17.6. The number of hydrogen-bond acceptors (Lipinski definition) is 4. The predicted octanol–water partition coefficient (Wildman–Crippen LogP) is 3.17. The van der Waals surface area contributed by atoms with Crippen molar-refractivity contribution in [3.63, 3.8) is 0 Å². The third-order valence-corrected chi connectivity index (χ3v) is 4.54. The standard InChI is InChI=1S/C20H21N3O2/c1-25-18-10-8-17(9-11-18)22-20(24)19-7-4-12-23(19)14-16-6-3-2-5-15(16)13-21/h2-3,5-6,8-11,19H,4,7,12,14H2,1H3,(H,22,24)/t19-/m0/s1. The molecule has 1 amide bonds. The molecular weight excluding hydrogens is 314 g/mol. The number of methoxy groups -OCH3 is 1. The van der Waals surface area contributed by atoms with Crippen molar-refractivity contribution in [2.75, 3.05) is 19.0 Å². The summed E-state index contributed by atoms with van der Waals surface area (Å²) in [5, 5.41) is 12.2. The minimum Gasteiger partial charge on any atom is -0.497 e. The number of benzene rings is 2. The van der Waals surface area contributed by atoms with Gasteiger partial charge in [0.1, 0.15) is 5.75 Å². The van der Waals surface area contributed by atoms with Gasteiger partial charge in [-0.3, -0.25) is 9.69 Å². The minimum atomic E-state index is -0.172. The van der Waals surface area contributed by atoms with E-state index >= 15 is 0 Å². The van der Waals surface area contributed by atoms with Crippen LogP contribution in [0, 0.1) is 11.3 Å². The minimum absolute atomic E-state index is 0.00268. The highest BCUT2D eigenvalue weighted by atomic mass is 16.5. The van der Waals surface area contributed by atoms with E-state index in [4.69, 9.17) is 4.74 Å². The Morgan fingerprint density at radius 2 is 2.04 bits per heavy atom. The molecule has 0 radical (unpaired) electrons. The van der Waals surface area contributed by atoms with Crippen molar-refractivity contribution in [2.24, 2.45) is 0 Å². The second-order valence-electron chi connectivity index (χ2n) is 6.12. The van der Waals surface area contributed by atoms with Gasteiger partial charge >= 0.3 is 0 Å². The summed E-state index contributed by atoms with van der Waals surface area (Å²) in [4.78, 5) is 14.8. The quantitative estimate of drug-likeness (QED) is 0.911. The Labute approximate surface area is 147 Å². The molecule has 0 saturated carbocycles. The third-order valence-electron chi connectivity index (χ3n) is 4.54. The summed E-state index contributed by atoms with van der Waals surface area (Å²) >= 11 is 0. The first-order chi connectivity index (χ1) is 12.2. The van der Waals surface area contributed by atoms with Crippen LogP contribution < -0.4 is 10.1 Å². The maximum absolute atomic E-state index is 12.7. The van der Waals surface area contributed by atoms with Crippen LogP contribution in [-0.4, -0.2) is 30.5 Å². The molecule has 2 aromatic rings. The maximum atomic E-state index is 12.7. The molecule has 0 unspecified atom stereocenters. The van der Waals surface area contributed by atoms with Crippen LogP contribution >= 0.6 is 0 Å². The van der Waals surface area contributed by atoms with E-state index in [9.17, 15) is 10.1 Å². The third kappa shape index (κ3) is 3.98. The zero-order valence-corrected chi connectivity index (χ0v) is 14.2. The monoisotopic (exact) mass is 335 g/mol. The van der Waals surface area contributed by atoms with Crippen molar-refractivity contribution in [1.82, 2.24) is 4.90 Å². The molecule has 5 heteroatoms. The fourth-order valence-corrected chi connectivity index (χ4v) is 3.20. The number of likely N-dealkylation sites (tertiary alicyclic amines) is 1. The van der Waals surface area contributed by atoms with Gasteiger partial charge in [0.2, 0.25) is 5.91 Å². The van der Waals surface area contributed by atoms with Crippen LogP contribution in [0.4, 0.5) is 5.69 Å². The molecule has 1 heterocycles. The average molecular weight is 335 g/mol. The first-order valence-corrected chi connectivity index (χ1v) is 8.38. The highest BCUT2D eigenvalue weighted by molar-refractivity contribution is 5.95. The van der Waals surface area contributed by atoms with Crippen molar-refractivity contribution in [3.8, 4) is 11.8 Å². The first kappa shape index (κ1) is 17.0. The molecule has 0 aliphatic carbocycles. The summed E-state index contributed by atoms with van der Waals surface area (Å²) in [5.41, 5.74) is 2.40. The molecule has 128 valence electrons. The topological polar surface area (TPSA) is 65.4 Å². The molecule has 1 aliphatic heterocycles. The first-order valence-electron chi connectivity index (χ1n) is 8.38. The zero-order valence-electron chi connectivity index (χ0n) is 14.2. The van der Waals surface area contributed by atoms with Gasteiger partial charge in [-0.25, -0.2) is 0 Å². The lowest BCUT2D eigenvalue weighted by atomic mass is 10.1. The number of nitrogens with one attached hydrogen (secondary N) is 1. The normalized spacial score (nSPS) is 17.0. The van der Waals surface area contributed by atoms with Gasteiger partial charge in [0.05, 0.1) is 24.8 Å². The molecule has 1 aliphatic rings. The number of ether oxygens (including phenoxy) is 1. The molecule has 1 N–H and O–H groups in total. The summed E-state index contributed by atoms with van der Waals surface area (Å²) in [7, 11) is 1.61. The van der Waals surface area contributed by atoms with Gasteiger partial charge in [0.15, 0.2) is 0 Å². The van der Waals surface area contributed by atoms with Crippen LogP contribution in [0.3, 0.4) is 0 Å². The maximum Gasteiger partial charge on any atom is 0.241 e. The second kappa shape index (κ2) is 7.82. The molecular formula is C20H21N3O2. The summed E-state index contributed by atoms with van der Waals surface area (Å²) in [5.74, 6) is 0.755. The number of amides is 1. The van der Waals surface area contributed by atoms with Gasteiger partial charge in [0.25, 0.3) is 0 Å². The van der Waals surface area contributed by atoms with Crippen molar-refractivity contribution in [1.29, 1.82) is 5.26 Å². The fourth-order valence-electron chi connectivity index (χ4n) is 3.20. The molecule has 3 rings (SSSR count). The Morgan fingerprint density at radius 3 is 2.76 bits per heavy atom. The van der Waals surface area contributed by atoms with E-state index in [1.807, 2.05) is 48.5 Å². The van der Waals surface area contributed by atoms with Crippen LogP contribution in [0.25, 0.3) is 0 Å². The number of rotatable bonds is 5. The number of hydrogen-bond donors (Lipinski definition) is 1. The van der Waals surface area contributed by atoms with E-state index in [2.05, 4.69) is 16.3 Å². The van der Waals surface area contributed by atoms with Gasteiger partial charge in [-0.05, 0) is 55.3 Å². The Morgan fingerprint density at radius 1 is 1.28 bits per heavy atom. The molecule has 2 aromatic carbocycles. The lowest BCUT2D eigenvalue weighted by Gasteiger charge is -2.24. The van der Waals surface area contributed by atoms with E-state index in [1.54, 1.807) is 7.11 Å². The molecule has 0 aromatic heterocycles. The van der Waals surface area contributed by atoms with Crippen molar-refractivity contribution >= 4 is 11.6 Å². The van der Waals surface area contributed by atoms with Gasteiger partial charge in [-0.1, -0.05) is 18.2 Å². The molecule has 1 atom stereocenters. The lowest BCUT2D eigenvalue weighted by molar-refractivity contribution is -0.120. The van der Waals surface area contributed by atoms with Crippen LogP contribution in [0.2, 0.25) is 0 Å². The van der Waals surface area contributed by atoms with E-state index in [-0.39, 0.29) is 11.9 Å². The highest BCUT2D eigenvalue weighted by Gasteiger charge is 2.31. The Bertz CT molecular complexity index is 780. The Kier molecular flexibility index (Phi) is 5.32. The number of anilines is 1. The Balaban J connectivity index is 1.68. The molecule has 0 bridgehead atoms. The van der Waals surface area contributed by atoms with Crippen molar-refractivity contribution in [2.45, 2.75) is 25.4 Å². The van der Waals surface area contributed by atoms with E-state index in [1.165, 1.54) is 0 Å². The van der Waals surface area contributed by atoms with Crippen LogP contribution in [0.1, 0.15) is 24.0 Å². The SMILES string of the molecule is COc1ccc(NC(=O)[C@@H]2CCCN2Cc2ccccc2C#N)cc1. The lowest BCUT2D eigenvalue weighted by Crippen LogP contribution is -2.39. The summed E-state index contributed by atoms with van der Waals surface area (Å²) in [6.45, 7) is 1.48. The molecule has 25 heavy (non-hydrogen) atoms. The van der Waals surface area contributed by atoms with Gasteiger partial charge < -0.3 is 10.1 Å². The van der Waals surface area contributed by atoms with Crippen molar-refractivity contribution in [3.05, 3.63) is 59.7 Å². The van der Waals surface area contributed by atoms with Gasteiger partial charge in [-0.15, -0.1) is 0 Å². The molecule has 5 nitrogen and oxygen atoms in total. The van der Waals surface area contributed by atoms with E-state index in [0.717, 1.165) is 36.4 Å². The second-order valence-corrected chi connectivity index (χ2v) is 6.12. The smallest absolute Gasteiger partial charge is 0.241 e. The van der Waals surface area contributed by atoms with Crippen LogP contribution in [0.15, 0.2) is 48.5 Å². The van der Waals surface area contributed by atoms with Gasteiger partial charge in [0, 0.05) is 12.2 Å². The van der Waals surface area contributed by atoms with Crippen LogP contribution in [0.5, 0.6) is 5.75 Å². The average Bonchev–Trinajstić information content (AvgIpc) is 3.11. The van der Waals surface area contributed by atoms with Crippen molar-refractivity contribution < 1.29 is 9.53 Å². The number of nitrogens with zero attached hydrogens (tertiary/aromatic N) is 2. The Hall–Kier alpha value is -2.84. The number of nitriles is 1. The molecule has 1 saturated heterocycles. The van der Waals surface area contributed by atoms with E-state index < -0.39 is 0 Å². The molecule has 0 spiro atoms. The molecule has 1 fully saturated rings. The van der Waals surface area contributed by atoms with Gasteiger partial charge in [-0.2, -0.15) is 5.26 Å². The van der Waals surface area contributed by atoms with Crippen LogP contribution in [-0.2, 0) is 11.3 Å². The van der Waals surface area contributed by atoms with E-state index in [0.29, 0.717) is 12.1 Å². The summed E-state index contributed by atoms with van der Waals surface area (Å²) in [6, 6.07) is 16.9. The number of carbonyl (C=O) groups is 1. The highest BCUT2D eigenvalue weighted by Crippen LogP contribution is 2.23.